The Morgan fingerprint density at radius 2 is 1.95 bits per heavy atom. The van der Waals surface area contributed by atoms with Crippen LogP contribution in [-0.4, -0.2) is 24.3 Å². The van der Waals surface area contributed by atoms with Crippen LogP contribution < -0.4 is 10.6 Å². The lowest BCUT2D eigenvalue weighted by Crippen LogP contribution is -2.31. The smallest absolute Gasteiger partial charge is 0.319 e. The molecule has 0 saturated heterocycles. The van der Waals surface area contributed by atoms with Gasteiger partial charge in [0.1, 0.15) is 0 Å². The SMILES string of the molecule is Cc1cc(-c2cccc(Cl)c2)ccc1NC(=O)NCCO. The summed E-state index contributed by atoms with van der Waals surface area (Å²) in [6.45, 7) is 2.07. The molecule has 21 heavy (non-hydrogen) atoms. The fourth-order valence-electron chi connectivity index (χ4n) is 1.99. The summed E-state index contributed by atoms with van der Waals surface area (Å²) in [5.74, 6) is 0. The minimum absolute atomic E-state index is 0.0832. The van der Waals surface area contributed by atoms with Crippen LogP contribution in [0.15, 0.2) is 42.5 Å². The van der Waals surface area contributed by atoms with Gasteiger partial charge in [0.05, 0.1) is 6.61 Å². The van der Waals surface area contributed by atoms with E-state index < -0.39 is 0 Å². The zero-order valence-corrected chi connectivity index (χ0v) is 12.4. The highest BCUT2D eigenvalue weighted by molar-refractivity contribution is 6.30. The molecule has 2 aromatic rings. The van der Waals surface area contributed by atoms with Gasteiger partial charge < -0.3 is 15.7 Å². The van der Waals surface area contributed by atoms with Crippen LogP contribution in [0.5, 0.6) is 0 Å². The first-order valence-electron chi connectivity index (χ1n) is 6.62. The number of urea groups is 1. The van der Waals surface area contributed by atoms with Crippen LogP contribution in [0, 0.1) is 6.92 Å². The normalized spacial score (nSPS) is 10.2. The Hall–Kier alpha value is -2.04. The average Bonchev–Trinajstić information content (AvgIpc) is 2.47. The predicted octanol–water partition coefficient (Wildman–Crippen LogP) is 3.43. The molecule has 0 fully saturated rings. The van der Waals surface area contributed by atoms with Gasteiger partial charge in [-0.1, -0.05) is 29.8 Å². The monoisotopic (exact) mass is 304 g/mol. The fraction of sp³-hybridized carbons (Fsp3) is 0.188. The van der Waals surface area contributed by atoms with Gasteiger partial charge in [0.15, 0.2) is 0 Å². The molecule has 5 heteroatoms. The standard InChI is InChI=1S/C16H17ClN2O2/c1-11-9-13(12-3-2-4-14(17)10-12)5-6-15(11)19-16(21)18-7-8-20/h2-6,9-10,20H,7-8H2,1H3,(H2,18,19,21). The lowest BCUT2D eigenvalue weighted by atomic mass is 10.0. The van der Waals surface area contributed by atoms with Crippen LogP contribution in [0.3, 0.4) is 0 Å². The van der Waals surface area contributed by atoms with Gasteiger partial charge >= 0.3 is 6.03 Å². The second-order valence-electron chi connectivity index (χ2n) is 4.64. The number of carbonyl (C=O) groups excluding carboxylic acids is 1. The molecule has 0 radical (unpaired) electrons. The summed E-state index contributed by atoms with van der Waals surface area (Å²) in [5.41, 5.74) is 3.75. The number of aliphatic hydroxyl groups excluding tert-OH is 1. The second kappa shape index (κ2) is 7.11. The van der Waals surface area contributed by atoms with E-state index in [1.54, 1.807) is 0 Å². The Morgan fingerprint density at radius 1 is 1.19 bits per heavy atom. The van der Waals surface area contributed by atoms with Gasteiger partial charge in [0, 0.05) is 17.3 Å². The number of aliphatic hydroxyl groups is 1. The van der Waals surface area contributed by atoms with Crippen molar-refractivity contribution in [1.82, 2.24) is 5.32 Å². The quantitative estimate of drug-likeness (QED) is 0.810. The number of halogens is 1. The van der Waals surface area contributed by atoms with Crippen molar-refractivity contribution < 1.29 is 9.90 Å². The maximum Gasteiger partial charge on any atom is 0.319 e. The Labute approximate surface area is 128 Å². The molecular formula is C16H17ClN2O2. The summed E-state index contributed by atoms with van der Waals surface area (Å²) < 4.78 is 0. The fourth-order valence-corrected chi connectivity index (χ4v) is 2.18. The van der Waals surface area contributed by atoms with Crippen LogP contribution in [0.2, 0.25) is 5.02 Å². The summed E-state index contributed by atoms with van der Waals surface area (Å²) in [7, 11) is 0. The second-order valence-corrected chi connectivity index (χ2v) is 5.08. The van der Waals surface area contributed by atoms with Crippen LogP contribution >= 0.6 is 11.6 Å². The number of aryl methyl sites for hydroxylation is 1. The number of hydrogen-bond acceptors (Lipinski definition) is 2. The Morgan fingerprint density at radius 3 is 2.62 bits per heavy atom. The maximum atomic E-state index is 11.6. The highest BCUT2D eigenvalue weighted by Gasteiger charge is 2.06. The summed E-state index contributed by atoms with van der Waals surface area (Å²) in [4.78, 5) is 11.6. The third-order valence-electron chi connectivity index (χ3n) is 3.03. The van der Waals surface area contributed by atoms with Gasteiger partial charge in [-0.3, -0.25) is 0 Å². The predicted molar refractivity (Wildman–Crippen MR) is 85.7 cm³/mol. The summed E-state index contributed by atoms with van der Waals surface area (Å²) in [5, 5.41) is 14.7. The topological polar surface area (TPSA) is 61.4 Å². The largest absolute Gasteiger partial charge is 0.395 e. The number of anilines is 1. The van der Waals surface area contributed by atoms with Gasteiger partial charge in [-0.2, -0.15) is 0 Å². The average molecular weight is 305 g/mol. The third kappa shape index (κ3) is 4.21. The molecular weight excluding hydrogens is 288 g/mol. The first-order chi connectivity index (χ1) is 10.1. The lowest BCUT2D eigenvalue weighted by molar-refractivity contribution is 0.245. The molecule has 110 valence electrons. The van der Waals surface area contributed by atoms with Gasteiger partial charge in [-0.15, -0.1) is 0 Å². The molecule has 0 heterocycles. The van der Waals surface area contributed by atoms with E-state index in [2.05, 4.69) is 10.6 Å². The van der Waals surface area contributed by atoms with E-state index in [9.17, 15) is 4.79 Å². The van der Waals surface area contributed by atoms with Crippen molar-refractivity contribution in [3.05, 3.63) is 53.1 Å². The summed E-state index contributed by atoms with van der Waals surface area (Å²) >= 11 is 6.00. The van der Waals surface area contributed by atoms with Crippen molar-refractivity contribution in [2.24, 2.45) is 0 Å². The molecule has 3 N–H and O–H groups in total. The number of amides is 2. The molecule has 0 aliphatic rings. The van der Waals surface area contributed by atoms with Crippen LogP contribution in [0.25, 0.3) is 11.1 Å². The van der Waals surface area contributed by atoms with Crippen molar-refractivity contribution in [1.29, 1.82) is 0 Å². The summed E-state index contributed by atoms with van der Waals surface area (Å²) in [6, 6.07) is 13.1. The minimum atomic E-state index is -0.331. The van der Waals surface area contributed by atoms with Crippen LogP contribution in [0.4, 0.5) is 10.5 Å². The van der Waals surface area contributed by atoms with E-state index in [4.69, 9.17) is 16.7 Å². The lowest BCUT2D eigenvalue weighted by Gasteiger charge is -2.11. The summed E-state index contributed by atoms with van der Waals surface area (Å²) in [6.07, 6.45) is 0. The van der Waals surface area contributed by atoms with Gasteiger partial charge in [0.25, 0.3) is 0 Å². The molecule has 0 bridgehead atoms. The highest BCUT2D eigenvalue weighted by Crippen LogP contribution is 2.26. The molecule has 4 nitrogen and oxygen atoms in total. The number of rotatable bonds is 4. The Kier molecular flexibility index (Phi) is 5.20. The van der Waals surface area contributed by atoms with Gasteiger partial charge in [-0.25, -0.2) is 4.79 Å². The van der Waals surface area contributed by atoms with Crippen molar-refractivity contribution in [3.63, 3.8) is 0 Å². The first-order valence-corrected chi connectivity index (χ1v) is 7.00. The molecule has 2 aromatic carbocycles. The van der Waals surface area contributed by atoms with Crippen molar-refractivity contribution in [2.75, 3.05) is 18.5 Å². The van der Waals surface area contributed by atoms with E-state index in [1.165, 1.54) is 0 Å². The first kappa shape index (κ1) is 15.4. The van der Waals surface area contributed by atoms with E-state index >= 15 is 0 Å². The van der Waals surface area contributed by atoms with Gasteiger partial charge in [0.2, 0.25) is 0 Å². The molecule has 0 saturated carbocycles. The molecule has 2 rings (SSSR count). The van der Waals surface area contributed by atoms with E-state index in [1.807, 2.05) is 49.4 Å². The molecule has 2 amide bonds. The van der Waals surface area contributed by atoms with Crippen LogP contribution in [-0.2, 0) is 0 Å². The van der Waals surface area contributed by atoms with E-state index in [0.717, 1.165) is 22.4 Å². The zero-order valence-electron chi connectivity index (χ0n) is 11.7. The van der Waals surface area contributed by atoms with E-state index in [-0.39, 0.29) is 19.2 Å². The molecule has 0 spiro atoms. The molecule has 0 aliphatic carbocycles. The van der Waals surface area contributed by atoms with Crippen LogP contribution in [0.1, 0.15) is 5.56 Å². The maximum absolute atomic E-state index is 11.6. The number of nitrogens with one attached hydrogen (secondary N) is 2. The minimum Gasteiger partial charge on any atom is -0.395 e. The molecule has 0 atom stereocenters. The number of benzene rings is 2. The van der Waals surface area contributed by atoms with Crippen molar-refractivity contribution in [3.8, 4) is 11.1 Å². The molecule has 0 unspecified atom stereocenters. The highest BCUT2D eigenvalue weighted by atomic mass is 35.5. The van der Waals surface area contributed by atoms with E-state index in [0.29, 0.717) is 5.02 Å². The Balaban J connectivity index is 2.16. The molecule has 0 aliphatic heterocycles. The van der Waals surface area contributed by atoms with Gasteiger partial charge in [-0.05, 0) is 47.9 Å². The zero-order chi connectivity index (χ0) is 15.2. The number of hydrogen-bond donors (Lipinski definition) is 3. The Bertz CT molecular complexity index is 644. The third-order valence-corrected chi connectivity index (χ3v) is 3.27. The van der Waals surface area contributed by atoms with Crippen molar-refractivity contribution >= 4 is 23.3 Å². The van der Waals surface area contributed by atoms with Crippen molar-refractivity contribution in [2.45, 2.75) is 6.92 Å². The number of carbonyl (C=O) groups is 1. The molecule has 0 aromatic heterocycles.